The molecule has 0 spiro atoms. The van der Waals surface area contributed by atoms with Crippen LogP contribution >= 0.6 is 11.3 Å². The van der Waals surface area contributed by atoms with Crippen LogP contribution in [0.25, 0.3) is 0 Å². The molecule has 0 saturated carbocycles. The third-order valence-corrected chi connectivity index (χ3v) is 5.94. The number of hydrogen-bond donors (Lipinski definition) is 1. The normalized spacial score (nSPS) is 11.8. The van der Waals surface area contributed by atoms with Gasteiger partial charge in [0.15, 0.2) is 0 Å². The lowest BCUT2D eigenvalue weighted by atomic mass is 10.3. The highest BCUT2D eigenvalue weighted by Gasteiger charge is 2.22. The van der Waals surface area contributed by atoms with Crippen LogP contribution in [0.3, 0.4) is 0 Å². The SMILES string of the molecule is CC(C)NCc1cc(S(=O)(=O)N(C)c2ccccc2)cs1. The molecule has 0 saturated heterocycles. The molecule has 2 aromatic rings. The van der Waals surface area contributed by atoms with Crippen LogP contribution < -0.4 is 9.62 Å². The molecule has 114 valence electrons. The Morgan fingerprint density at radius 1 is 1.24 bits per heavy atom. The first-order valence-corrected chi connectivity index (χ1v) is 9.08. The van der Waals surface area contributed by atoms with Crippen LogP contribution in [0, 0.1) is 0 Å². The Morgan fingerprint density at radius 2 is 1.90 bits per heavy atom. The molecule has 0 radical (unpaired) electrons. The molecule has 1 aromatic carbocycles. The lowest BCUT2D eigenvalue weighted by Gasteiger charge is -2.18. The molecule has 4 nitrogen and oxygen atoms in total. The number of nitrogens with zero attached hydrogens (tertiary/aromatic N) is 1. The van der Waals surface area contributed by atoms with Gasteiger partial charge >= 0.3 is 0 Å². The molecule has 0 aliphatic heterocycles. The fraction of sp³-hybridized carbons (Fsp3) is 0.333. The molecule has 1 aromatic heterocycles. The minimum absolute atomic E-state index is 0.347. The van der Waals surface area contributed by atoms with E-state index >= 15 is 0 Å². The number of hydrogen-bond acceptors (Lipinski definition) is 4. The second-order valence-electron chi connectivity index (χ2n) is 5.09. The highest BCUT2D eigenvalue weighted by Crippen LogP contribution is 2.25. The molecule has 21 heavy (non-hydrogen) atoms. The first-order chi connectivity index (χ1) is 9.91. The first kappa shape index (κ1) is 16.0. The zero-order valence-electron chi connectivity index (χ0n) is 12.4. The summed E-state index contributed by atoms with van der Waals surface area (Å²) in [7, 11) is -1.92. The van der Waals surface area contributed by atoms with Crippen LogP contribution in [0.4, 0.5) is 5.69 Å². The predicted octanol–water partition coefficient (Wildman–Crippen LogP) is 3.07. The van der Waals surface area contributed by atoms with Gasteiger partial charge in [-0.3, -0.25) is 4.31 Å². The molecule has 0 bridgehead atoms. The summed E-state index contributed by atoms with van der Waals surface area (Å²) < 4.78 is 26.5. The maximum Gasteiger partial charge on any atom is 0.264 e. The Bertz CT molecular complexity index is 679. The average Bonchev–Trinajstić information content (AvgIpc) is 2.95. The predicted molar refractivity (Wildman–Crippen MR) is 88.3 cm³/mol. The Balaban J connectivity index is 2.20. The van der Waals surface area contributed by atoms with E-state index in [1.54, 1.807) is 30.6 Å². The van der Waals surface area contributed by atoms with Crippen molar-refractivity contribution >= 4 is 27.0 Å². The fourth-order valence-electron chi connectivity index (χ4n) is 1.83. The molecule has 6 heteroatoms. The molecule has 0 atom stereocenters. The fourth-order valence-corrected chi connectivity index (χ4v) is 4.24. The van der Waals surface area contributed by atoms with Crippen molar-refractivity contribution in [3.05, 3.63) is 46.7 Å². The number of rotatable bonds is 6. The summed E-state index contributed by atoms with van der Waals surface area (Å²) >= 11 is 1.46. The lowest BCUT2D eigenvalue weighted by molar-refractivity contribution is 0.590. The van der Waals surface area contributed by atoms with E-state index in [1.807, 2.05) is 18.2 Å². The standard InChI is InChI=1S/C15H20N2O2S2/c1-12(2)16-10-14-9-15(11-20-14)21(18,19)17(3)13-7-5-4-6-8-13/h4-9,11-12,16H,10H2,1-3H3. The summed E-state index contributed by atoms with van der Waals surface area (Å²) in [5.41, 5.74) is 0.658. The smallest absolute Gasteiger partial charge is 0.264 e. The Morgan fingerprint density at radius 3 is 2.52 bits per heavy atom. The molecule has 0 aliphatic carbocycles. The maximum absolute atomic E-state index is 12.6. The average molecular weight is 324 g/mol. The molecular formula is C15H20N2O2S2. The molecule has 0 aliphatic rings. The quantitative estimate of drug-likeness (QED) is 0.888. The monoisotopic (exact) mass is 324 g/mol. The van der Waals surface area contributed by atoms with E-state index in [-0.39, 0.29) is 0 Å². The second kappa shape index (κ2) is 6.60. The van der Waals surface area contributed by atoms with Crippen molar-refractivity contribution in [2.45, 2.75) is 31.3 Å². The summed E-state index contributed by atoms with van der Waals surface area (Å²) in [6.45, 7) is 4.82. The Kier molecular flexibility index (Phi) is 5.03. The number of thiophene rings is 1. The van der Waals surface area contributed by atoms with Crippen LogP contribution in [0.15, 0.2) is 46.7 Å². The number of para-hydroxylation sites is 1. The number of benzene rings is 1. The van der Waals surface area contributed by atoms with Gasteiger partial charge in [-0.25, -0.2) is 8.42 Å². The van der Waals surface area contributed by atoms with Gasteiger partial charge in [-0.15, -0.1) is 11.3 Å². The van der Waals surface area contributed by atoms with Gasteiger partial charge in [0.1, 0.15) is 0 Å². The number of nitrogens with one attached hydrogen (secondary N) is 1. The third kappa shape index (κ3) is 3.84. The summed E-state index contributed by atoms with van der Waals surface area (Å²) in [4.78, 5) is 1.36. The largest absolute Gasteiger partial charge is 0.310 e. The van der Waals surface area contributed by atoms with Crippen molar-refractivity contribution in [2.75, 3.05) is 11.4 Å². The zero-order valence-corrected chi connectivity index (χ0v) is 14.0. The van der Waals surface area contributed by atoms with E-state index in [0.29, 0.717) is 23.2 Å². The first-order valence-electron chi connectivity index (χ1n) is 6.76. The second-order valence-corrected chi connectivity index (χ2v) is 8.06. The molecule has 0 amide bonds. The minimum Gasteiger partial charge on any atom is -0.310 e. The van der Waals surface area contributed by atoms with E-state index < -0.39 is 10.0 Å². The number of sulfonamides is 1. The van der Waals surface area contributed by atoms with Crippen molar-refractivity contribution < 1.29 is 8.42 Å². The Hall–Kier alpha value is -1.37. The molecule has 0 fully saturated rings. The summed E-state index contributed by atoms with van der Waals surface area (Å²) in [5.74, 6) is 0. The third-order valence-electron chi connectivity index (χ3n) is 3.09. The zero-order chi connectivity index (χ0) is 15.5. The van der Waals surface area contributed by atoms with Crippen molar-refractivity contribution in [1.29, 1.82) is 0 Å². The van der Waals surface area contributed by atoms with E-state index in [1.165, 1.54) is 15.6 Å². The summed E-state index contributed by atoms with van der Waals surface area (Å²) in [6, 6.07) is 11.2. The van der Waals surface area contributed by atoms with Crippen LogP contribution in [0.1, 0.15) is 18.7 Å². The number of anilines is 1. The van der Waals surface area contributed by atoms with E-state index in [9.17, 15) is 8.42 Å². The lowest BCUT2D eigenvalue weighted by Crippen LogP contribution is -2.26. The maximum atomic E-state index is 12.6. The van der Waals surface area contributed by atoms with E-state index in [2.05, 4.69) is 19.2 Å². The molecular weight excluding hydrogens is 304 g/mol. The molecule has 1 heterocycles. The van der Waals surface area contributed by atoms with Gasteiger partial charge in [-0.1, -0.05) is 32.0 Å². The highest BCUT2D eigenvalue weighted by atomic mass is 32.2. The van der Waals surface area contributed by atoms with Gasteiger partial charge in [0.2, 0.25) is 0 Å². The van der Waals surface area contributed by atoms with E-state index in [0.717, 1.165) is 4.88 Å². The topological polar surface area (TPSA) is 49.4 Å². The summed E-state index contributed by atoms with van der Waals surface area (Å²) in [6.07, 6.45) is 0. The van der Waals surface area contributed by atoms with Gasteiger partial charge in [0, 0.05) is 29.9 Å². The van der Waals surface area contributed by atoms with Gasteiger partial charge in [-0.2, -0.15) is 0 Å². The molecule has 0 unspecified atom stereocenters. The summed E-state index contributed by atoms with van der Waals surface area (Å²) in [5, 5.41) is 4.99. The van der Waals surface area contributed by atoms with Gasteiger partial charge < -0.3 is 5.32 Å². The minimum atomic E-state index is -3.49. The van der Waals surface area contributed by atoms with Gasteiger partial charge in [0.05, 0.1) is 10.6 Å². The molecule has 2 rings (SSSR count). The van der Waals surface area contributed by atoms with Crippen LogP contribution in [-0.4, -0.2) is 21.5 Å². The Labute approximate surface area is 130 Å². The van der Waals surface area contributed by atoms with Crippen molar-refractivity contribution in [1.82, 2.24) is 5.32 Å². The van der Waals surface area contributed by atoms with E-state index in [4.69, 9.17) is 0 Å². The molecule has 1 N–H and O–H groups in total. The van der Waals surface area contributed by atoms with Crippen molar-refractivity contribution in [3.8, 4) is 0 Å². The van der Waals surface area contributed by atoms with Crippen LogP contribution in [0.5, 0.6) is 0 Å². The van der Waals surface area contributed by atoms with Gasteiger partial charge in [0.25, 0.3) is 10.0 Å². The van der Waals surface area contributed by atoms with Gasteiger partial charge in [-0.05, 0) is 18.2 Å². The van der Waals surface area contributed by atoms with Crippen LogP contribution in [-0.2, 0) is 16.6 Å². The van der Waals surface area contributed by atoms with Crippen molar-refractivity contribution in [3.63, 3.8) is 0 Å². The van der Waals surface area contributed by atoms with Crippen molar-refractivity contribution in [2.24, 2.45) is 0 Å². The van der Waals surface area contributed by atoms with Crippen LogP contribution in [0.2, 0.25) is 0 Å². The highest BCUT2D eigenvalue weighted by molar-refractivity contribution is 7.93.